The average molecular weight is 386 g/mol. The molecule has 1 rings (SSSR count). The van der Waals surface area contributed by atoms with E-state index >= 15 is 0 Å². The smallest absolute Gasteiger partial charge is 0.137 e. The molecule has 0 aromatic heterocycles. The van der Waals surface area contributed by atoms with Gasteiger partial charge in [-0.3, -0.25) is 0 Å². The van der Waals surface area contributed by atoms with Crippen molar-refractivity contribution in [2.45, 2.75) is 10.8 Å². The van der Waals surface area contributed by atoms with Gasteiger partial charge in [-0.05, 0) is 40.6 Å². The molecule has 0 aliphatic carbocycles. The molecule has 0 fully saturated rings. The molecule has 0 amide bonds. The Balaban J connectivity index is 3.15. The highest BCUT2D eigenvalue weighted by atomic mass is 127. The molecule has 1 atom stereocenters. The van der Waals surface area contributed by atoms with Crippen molar-refractivity contribution in [1.82, 2.24) is 0 Å². The second-order valence-electron chi connectivity index (χ2n) is 2.52. The van der Waals surface area contributed by atoms with Gasteiger partial charge in [0.25, 0.3) is 0 Å². The summed E-state index contributed by atoms with van der Waals surface area (Å²) in [5.41, 5.74) is 2.35. The van der Waals surface area contributed by atoms with Crippen LogP contribution in [0.2, 0.25) is 0 Å². The van der Waals surface area contributed by atoms with Gasteiger partial charge in [0.15, 0.2) is 0 Å². The summed E-state index contributed by atoms with van der Waals surface area (Å²) in [5, 5.41) is 0. The molecule has 12 heavy (non-hydrogen) atoms. The van der Waals surface area contributed by atoms with Gasteiger partial charge in [0, 0.05) is 3.57 Å². The lowest BCUT2D eigenvalue weighted by Crippen LogP contribution is -1.95. The van der Waals surface area contributed by atoms with Gasteiger partial charge >= 0.3 is 0 Å². The number of aldehydes is 1. The van der Waals surface area contributed by atoms with Crippen molar-refractivity contribution in [1.29, 1.82) is 0 Å². The van der Waals surface area contributed by atoms with Crippen LogP contribution >= 0.6 is 45.2 Å². The fraction of sp³-hybridized carbons (Fsp3) is 0.222. The molecule has 64 valence electrons. The van der Waals surface area contributed by atoms with Gasteiger partial charge in [0.2, 0.25) is 0 Å². The molecule has 1 aromatic rings. The van der Waals surface area contributed by atoms with Crippen LogP contribution in [0.15, 0.2) is 18.2 Å². The molecule has 1 unspecified atom stereocenters. The minimum atomic E-state index is -0.0191. The second-order valence-corrected chi connectivity index (χ2v) is 4.94. The molecule has 0 bridgehead atoms. The van der Waals surface area contributed by atoms with E-state index in [0.29, 0.717) is 0 Å². The highest BCUT2D eigenvalue weighted by Crippen LogP contribution is 2.27. The average Bonchev–Trinajstić information content (AvgIpc) is 2.08. The fourth-order valence-electron chi connectivity index (χ4n) is 0.956. The SMILES string of the molecule is Cc1cccc(C(I)C=O)c1I. The summed E-state index contributed by atoms with van der Waals surface area (Å²) in [6.45, 7) is 2.05. The predicted molar refractivity (Wildman–Crippen MR) is 66.7 cm³/mol. The standard InChI is InChI=1S/C9H8I2O/c1-6-3-2-4-7(9(6)11)8(10)5-12/h2-5,8H,1H3. The first-order chi connectivity index (χ1) is 5.66. The van der Waals surface area contributed by atoms with Crippen molar-refractivity contribution in [2.75, 3.05) is 0 Å². The Labute approximate surface area is 99.2 Å². The van der Waals surface area contributed by atoms with Crippen molar-refractivity contribution in [3.63, 3.8) is 0 Å². The summed E-state index contributed by atoms with van der Waals surface area (Å²) in [6.07, 6.45) is 0.970. The molecule has 0 spiro atoms. The largest absolute Gasteiger partial charge is 0.302 e. The Kier molecular flexibility index (Phi) is 3.95. The predicted octanol–water partition coefficient (Wildman–Crippen LogP) is 3.27. The molecule has 0 heterocycles. The normalized spacial score (nSPS) is 12.6. The van der Waals surface area contributed by atoms with Crippen LogP contribution in [0.3, 0.4) is 0 Å². The first-order valence-corrected chi connectivity index (χ1v) is 5.83. The second kappa shape index (κ2) is 4.55. The Hall–Kier alpha value is 0.350. The fourth-order valence-corrected chi connectivity index (χ4v) is 2.77. The van der Waals surface area contributed by atoms with E-state index in [-0.39, 0.29) is 3.92 Å². The summed E-state index contributed by atoms with van der Waals surface area (Å²) >= 11 is 4.42. The van der Waals surface area contributed by atoms with Gasteiger partial charge in [0.05, 0.1) is 3.92 Å². The highest BCUT2D eigenvalue weighted by Gasteiger charge is 2.09. The van der Waals surface area contributed by atoms with E-state index in [4.69, 9.17) is 0 Å². The third kappa shape index (κ3) is 2.18. The Morgan fingerprint density at radius 3 is 2.75 bits per heavy atom. The number of carbonyl (C=O) groups is 1. The van der Waals surface area contributed by atoms with E-state index < -0.39 is 0 Å². The van der Waals surface area contributed by atoms with Crippen LogP contribution in [0.25, 0.3) is 0 Å². The molecule has 1 nitrogen and oxygen atoms in total. The number of carbonyl (C=O) groups excluding carboxylic acids is 1. The summed E-state index contributed by atoms with van der Waals surface area (Å²) in [6, 6.07) is 6.04. The molecule has 0 aliphatic rings. The Morgan fingerprint density at radius 2 is 2.17 bits per heavy atom. The van der Waals surface area contributed by atoms with E-state index in [1.54, 1.807) is 0 Å². The van der Waals surface area contributed by atoms with Gasteiger partial charge < -0.3 is 4.79 Å². The molecule has 0 saturated carbocycles. The lowest BCUT2D eigenvalue weighted by molar-refractivity contribution is -0.107. The van der Waals surface area contributed by atoms with Crippen molar-refractivity contribution >= 4 is 51.5 Å². The van der Waals surface area contributed by atoms with Crippen molar-refractivity contribution in [3.05, 3.63) is 32.9 Å². The highest BCUT2D eigenvalue weighted by molar-refractivity contribution is 14.1. The van der Waals surface area contributed by atoms with Crippen molar-refractivity contribution in [2.24, 2.45) is 0 Å². The van der Waals surface area contributed by atoms with Gasteiger partial charge in [-0.2, -0.15) is 0 Å². The number of alkyl halides is 1. The number of hydrogen-bond acceptors (Lipinski definition) is 1. The monoisotopic (exact) mass is 386 g/mol. The molecule has 0 aliphatic heterocycles. The molecule has 0 N–H and O–H groups in total. The first kappa shape index (κ1) is 10.4. The zero-order valence-corrected chi connectivity index (χ0v) is 10.9. The van der Waals surface area contributed by atoms with E-state index in [9.17, 15) is 4.79 Å². The minimum Gasteiger partial charge on any atom is -0.302 e. The van der Waals surface area contributed by atoms with E-state index in [0.717, 1.165) is 11.8 Å². The van der Waals surface area contributed by atoms with Gasteiger partial charge in [-0.1, -0.05) is 40.8 Å². The number of rotatable bonds is 2. The zero-order valence-electron chi connectivity index (χ0n) is 6.55. The maximum absolute atomic E-state index is 10.6. The van der Waals surface area contributed by atoms with Crippen molar-refractivity contribution < 1.29 is 4.79 Å². The van der Waals surface area contributed by atoms with Gasteiger partial charge in [-0.15, -0.1) is 0 Å². The molecule has 0 saturated heterocycles. The summed E-state index contributed by atoms with van der Waals surface area (Å²) < 4.78 is 1.18. The summed E-state index contributed by atoms with van der Waals surface area (Å²) in [7, 11) is 0. The van der Waals surface area contributed by atoms with Crippen LogP contribution in [-0.4, -0.2) is 6.29 Å². The van der Waals surface area contributed by atoms with Crippen LogP contribution in [0, 0.1) is 10.5 Å². The molecule has 3 heteroatoms. The number of hydrogen-bond donors (Lipinski definition) is 0. The zero-order chi connectivity index (χ0) is 9.14. The van der Waals surface area contributed by atoms with E-state index in [1.807, 2.05) is 12.1 Å². The first-order valence-electron chi connectivity index (χ1n) is 3.51. The van der Waals surface area contributed by atoms with Gasteiger partial charge in [-0.25, -0.2) is 0 Å². The third-order valence-electron chi connectivity index (χ3n) is 1.64. The lowest BCUT2D eigenvalue weighted by Gasteiger charge is -2.07. The maximum Gasteiger partial charge on any atom is 0.137 e. The molecular formula is C9H8I2O. The lowest BCUT2D eigenvalue weighted by atomic mass is 10.1. The number of halogens is 2. The third-order valence-corrected chi connectivity index (χ3v) is 4.08. The van der Waals surface area contributed by atoms with E-state index in [2.05, 4.69) is 58.2 Å². The number of aryl methyl sites for hydroxylation is 1. The Morgan fingerprint density at radius 1 is 1.50 bits per heavy atom. The molecule has 0 radical (unpaired) electrons. The van der Waals surface area contributed by atoms with Crippen LogP contribution in [0.1, 0.15) is 15.1 Å². The maximum atomic E-state index is 10.6. The van der Waals surface area contributed by atoms with Gasteiger partial charge in [0.1, 0.15) is 6.29 Å². The van der Waals surface area contributed by atoms with Crippen LogP contribution < -0.4 is 0 Å². The topological polar surface area (TPSA) is 17.1 Å². The van der Waals surface area contributed by atoms with E-state index in [1.165, 1.54) is 9.13 Å². The summed E-state index contributed by atoms with van der Waals surface area (Å²) in [5.74, 6) is 0. The quantitative estimate of drug-likeness (QED) is 0.434. The summed E-state index contributed by atoms with van der Waals surface area (Å²) in [4.78, 5) is 10.6. The minimum absolute atomic E-state index is 0.0191. The molecule has 1 aromatic carbocycles. The van der Waals surface area contributed by atoms with Crippen LogP contribution in [0.5, 0.6) is 0 Å². The van der Waals surface area contributed by atoms with Crippen LogP contribution in [0.4, 0.5) is 0 Å². The van der Waals surface area contributed by atoms with Crippen molar-refractivity contribution in [3.8, 4) is 0 Å². The molecular weight excluding hydrogens is 378 g/mol. The number of benzene rings is 1. The van der Waals surface area contributed by atoms with Crippen LogP contribution in [-0.2, 0) is 4.79 Å². The Bertz CT molecular complexity index is 297.